The van der Waals surface area contributed by atoms with E-state index in [1.165, 1.54) is 6.20 Å². The van der Waals surface area contributed by atoms with Crippen LogP contribution >= 0.6 is 0 Å². The lowest BCUT2D eigenvalue weighted by molar-refractivity contribution is 0.0685. The highest BCUT2D eigenvalue weighted by Crippen LogP contribution is 2.27. The Morgan fingerprint density at radius 1 is 1.39 bits per heavy atom. The maximum absolute atomic E-state index is 12.1. The number of carbonyl (C=O) groups excluding carboxylic acids is 1. The van der Waals surface area contributed by atoms with Crippen molar-refractivity contribution in [3.05, 3.63) is 36.4 Å². The van der Waals surface area contributed by atoms with Crippen molar-refractivity contribution in [1.29, 1.82) is 0 Å². The molecule has 1 saturated carbocycles. The maximum Gasteiger partial charge on any atom is 0.356 e. The summed E-state index contributed by atoms with van der Waals surface area (Å²) < 4.78 is 0. The molecule has 0 bridgehead atoms. The molecule has 94 valence electrons. The van der Waals surface area contributed by atoms with E-state index in [1.54, 1.807) is 11.0 Å². The second-order valence-electron chi connectivity index (χ2n) is 4.07. The number of carbonyl (C=O) groups is 2. The summed E-state index contributed by atoms with van der Waals surface area (Å²) in [6.45, 7) is 4.08. The zero-order chi connectivity index (χ0) is 13.1. The van der Waals surface area contributed by atoms with E-state index in [-0.39, 0.29) is 23.3 Å². The molecule has 1 fully saturated rings. The zero-order valence-corrected chi connectivity index (χ0v) is 9.74. The number of rotatable bonds is 5. The maximum atomic E-state index is 12.1. The number of carboxylic acid groups (broad SMARTS) is 1. The van der Waals surface area contributed by atoms with Gasteiger partial charge < -0.3 is 10.0 Å². The van der Waals surface area contributed by atoms with Gasteiger partial charge in [0.05, 0.1) is 12.4 Å². The van der Waals surface area contributed by atoms with Gasteiger partial charge in [0.25, 0.3) is 5.91 Å². The fourth-order valence-electron chi connectivity index (χ4n) is 1.62. The smallest absolute Gasteiger partial charge is 0.356 e. The summed E-state index contributed by atoms with van der Waals surface area (Å²) in [5.41, 5.74) is -0.0120. The molecule has 1 aliphatic rings. The minimum absolute atomic E-state index is 0.161. The van der Waals surface area contributed by atoms with Gasteiger partial charge in [-0.05, 0) is 12.8 Å². The van der Waals surface area contributed by atoms with E-state index in [1.807, 2.05) is 0 Å². The summed E-state index contributed by atoms with van der Waals surface area (Å²) in [6.07, 6.45) is 5.93. The topological polar surface area (TPSA) is 83.4 Å². The van der Waals surface area contributed by atoms with Gasteiger partial charge >= 0.3 is 5.97 Å². The molecule has 2 rings (SSSR count). The number of carboxylic acids is 1. The molecule has 1 N–H and O–H groups in total. The van der Waals surface area contributed by atoms with Crippen LogP contribution < -0.4 is 0 Å². The molecule has 0 aliphatic heterocycles. The lowest BCUT2D eigenvalue weighted by Gasteiger charge is -2.19. The van der Waals surface area contributed by atoms with E-state index in [0.717, 1.165) is 19.0 Å². The Morgan fingerprint density at radius 3 is 2.44 bits per heavy atom. The van der Waals surface area contributed by atoms with Gasteiger partial charge in [-0.15, -0.1) is 6.58 Å². The SMILES string of the molecule is C=CCN(C(=O)c1cnc(C(=O)O)cn1)C1CC1. The molecular formula is C12H13N3O3. The second-order valence-corrected chi connectivity index (χ2v) is 4.07. The first-order valence-corrected chi connectivity index (χ1v) is 5.60. The highest BCUT2D eigenvalue weighted by Gasteiger charge is 2.32. The third-order valence-corrected chi connectivity index (χ3v) is 2.66. The van der Waals surface area contributed by atoms with Crippen LogP contribution in [0.5, 0.6) is 0 Å². The zero-order valence-electron chi connectivity index (χ0n) is 9.74. The van der Waals surface area contributed by atoms with E-state index < -0.39 is 5.97 Å². The summed E-state index contributed by atoms with van der Waals surface area (Å²) in [4.78, 5) is 32.0. The number of aromatic nitrogens is 2. The van der Waals surface area contributed by atoms with Gasteiger partial charge in [0.15, 0.2) is 5.69 Å². The Bertz CT molecular complexity index is 480. The Kier molecular flexibility index (Phi) is 3.36. The predicted octanol–water partition coefficient (Wildman–Crippen LogP) is 0.965. The van der Waals surface area contributed by atoms with Crippen LogP contribution in [-0.4, -0.2) is 44.4 Å². The summed E-state index contributed by atoms with van der Waals surface area (Å²) in [5.74, 6) is -1.39. The van der Waals surface area contributed by atoms with E-state index in [0.29, 0.717) is 6.54 Å². The first-order valence-electron chi connectivity index (χ1n) is 5.60. The molecule has 1 heterocycles. The minimum Gasteiger partial charge on any atom is -0.476 e. The van der Waals surface area contributed by atoms with Crippen molar-refractivity contribution >= 4 is 11.9 Å². The standard InChI is InChI=1S/C12H13N3O3/c1-2-5-15(8-3-4-8)11(16)9-6-14-10(7-13-9)12(17)18/h2,6-8H,1,3-5H2,(H,17,18). The van der Waals surface area contributed by atoms with Gasteiger partial charge in [-0.2, -0.15) is 0 Å². The fourth-order valence-corrected chi connectivity index (χ4v) is 1.62. The van der Waals surface area contributed by atoms with Gasteiger partial charge in [-0.25, -0.2) is 14.8 Å². The van der Waals surface area contributed by atoms with E-state index in [2.05, 4.69) is 16.5 Å². The lowest BCUT2D eigenvalue weighted by atomic mass is 10.3. The van der Waals surface area contributed by atoms with Crippen molar-refractivity contribution in [1.82, 2.24) is 14.9 Å². The molecule has 0 atom stereocenters. The second kappa shape index (κ2) is 4.95. The van der Waals surface area contributed by atoms with Crippen LogP contribution in [0.3, 0.4) is 0 Å². The van der Waals surface area contributed by atoms with E-state index in [4.69, 9.17) is 5.11 Å². The van der Waals surface area contributed by atoms with Gasteiger partial charge in [0, 0.05) is 12.6 Å². The average molecular weight is 247 g/mol. The average Bonchev–Trinajstić information content (AvgIpc) is 3.19. The van der Waals surface area contributed by atoms with Crippen LogP contribution in [0.25, 0.3) is 0 Å². The van der Waals surface area contributed by atoms with Crippen molar-refractivity contribution in [3.63, 3.8) is 0 Å². The molecule has 0 unspecified atom stereocenters. The molecule has 6 nitrogen and oxygen atoms in total. The predicted molar refractivity (Wildman–Crippen MR) is 63.2 cm³/mol. The van der Waals surface area contributed by atoms with Crippen LogP contribution in [0.15, 0.2) is 25.0 Å². The number of nitrogens with zero attached hydrogens (tertiary/aromatic N) is 3. The van der Waals surface area contributed by atoms with Crippen LogP contribution in [0.1, 0.15) is 33.8 Å². The number of hydrogen-bond acceptors (Lipinski definition) is 4. The van der Waals surface area contributed by atoms with Crippen LogP contribution in [0.2, 0.25) is 0 Å². The molecule has 0 spiro atoms. The van der Waals surface area contributed by atoms with Crippen molar-refractivity contribution in [2.75, 3.05) is 6.54 Å². The van der Waals surface area contributed by atoms with Crippen molar-refractivity contribution in [3.8, 4) is 0 Å². The van der Waals surface area contributed by atoms with Crippen molar-refractivity contribution < 1.29 is 14.7 Å². The summed E-state index contributed by atoms with van der Waals surface area (Å²) in [6, 6.07) is 0.247. The highest BCUT2D eigenvalue weighted by molar-refractivity contribution is 5.93. The van der Waals surface area contributed by atoms with E-state index >= 15 is 0 Å². The summed E-state index contributed by atoms with van der Waals surface area (Å²) in [7, 11) is 0. The third-order valence-electron chi connectivity index (χ3n) is 2.66. The first kappa shape index (κ1) is 12.2. The Hall–Kier alpha value is -2.24. The normalized spacial score (nSPS) is 14.0. The number of hydrogen-bond donors (Lipinski definition) is 1. The van der Waals surface area contributed by atoms with Crippen molar-refractivity contribution in [2.24, 2.45) is 0 Å². The van der Waals surface area contributed by atoms with Crippen LogP contribution in [0.4, 0.5) is 0 Å². The molecular weight excluding hydrogens is 234 g/mol. The Morgan fingerprint density at radius 2 is 2.00 bits per heavy atom. The van der Waals surface area contributed by atoms with E-state index in [9.17, 15) is 9.59 Å². The number of aromatic carboxylic acids is 1. The van der Waals surface area contributed by atoms with Crippen LogP contribution in [0, 0.1) is 0 Å². The molecule has 1 aliphatic carbocycles. The van der Waals surface area contributed by atoms with Crippen LogP contribution in [-0.2, 0) is 0 Å². The fraction of sp³-hybridized carbons (Fsp3) is 0.333. The molecule has 18 heavy (non-hydrogen) atoms. The lowest BCUT2D eigenvalue weighted by Crippen LogP contribution is -2.34. The molecule has 1 aromatic heterocycles. The van der Waals surface area contributed by atoms with Crippen molar-refractivity contribution in [2.45, 2.75) is 18.9 Å². The molecule has 1 amide bonds. The monoisotopic (exact) mass is 247 g/mol. The molecule has 6 heteroatoms. The largest absolute Gasteiger partial charge is 0.476 e. The quantitative estimate of drug-likeness (QED) is 0.784. The first-order chi connectivity index (χ1) is 8.63. The summed E-state index contributed by atoms with van der Waals surface area (Å²) in [5, 5.41) is 8.69. The van der Waals surface area contributed by atoms with Gasteiger partial charge in [-0.1, -0.05) is 6.08 Å². The number of amides is 1. The molecule has 1 aromatic rings. The summed E-state index contributed by atoms with van der Waals surface area (Å²) >= 11 is 0. The molecule has 0 saturated heterocycles. The Balaban J connectivity index is 2.16. The van der Waals surface area contributed by atoms with Gasteiger partial charge in [-0.3, -0.25) is 4.79 Å². The van der Waals surface area contributed by atoms with Gasteiger partial charge in [0.2, 0.25) is 0 Å². The highest BCUT2D eigenvalue weighted by atomic mass is 16.4. The Labute approximate surface area is 104 Å². The molecule has 0 radical (unpaired) electrons. The van der Waals surface area contributed by atoms with Gasteiger partial charge in [0.1, 0.15) is 5.69 Å². The molecule has 0 aromatic carbocycles. The minimum atomic E-state index is -1.16. The third kappa shape index (κ3) is 2.53.